The smallest absolute Gasteiger partial charge is 0.348 e. The Morgan fingerprint density at radius 3 is 2.36 bits per heavy atom. The van der Waals surface area contributed by atoms with Gasteiger partial charge in [-0.3, -0.25) is 4.72 Å². The summed E-state index contributed by atoms with van der Waals surface area (Å²) in [7, 11) is -0.936. The van der Waals surface area contributed by atoms with Gasteiger partial charge in [-0.05, 0) is 42.8 Å². The molecule has 0 unspecified atom stereocenters. The third-order valence-electron chi connectivity index (χ3n) is 2.89. The van der Waals surface area contributed by atoms with Crippen molar-refractivity contribution in [3.8, 4) is 5.75 Å². The van der Waals surface area contributed by atoms with Crippen LogP contribution in [0, 0.1) is 6.92 Å². The second-order valence-electron chi connectivity index (χ2n) is 4.40. The predicted molar refractivity (Wildman–Crippen MR) is 84.2 cm³/mol. The maximum absolute atomic E-state index is 12.3. The average molecular weight is 341 g/mol. The summed E-state index contributed by atoms with van der Waals surface area (Å²) in [5.74, 6) is 0.0799. The number of ether oxygens (including phenoxy) is 2. The zero-order valence-electron chi connectivity index (χ0n) is 12.2. The van der Waals surface area contributed by atoms with E-state index in [-0.39, 0.29) is 4.90 Å². The first kappa shape index (κ1) is 16.3. The van der Waals surface area contributed by atoms with E-state index in [1.807, 2.05) is 0 Å². The molecule has 0 aliphatic rings. The van der Waals surface area contributed by atoms with Crippen molar-refractivity contribution in [3.05, 3.63) is 40.8 Å². The lowest BCUT2D eigenvalue weighted by Crippen LogP contribution is -2.11. The minimum atomic E-state index is -3.72. The topological polar surface area (TPSA) is 81.7 Å². The third-order valence-corrected chi connectivity index (χ3v) is 5.54. The Bertz CT molecular complexity index is 778. The highest BCUT2D eigenvalue weighted by Crippen LogP contribution is 2.29. The molecule has 1 aromatic carbocycles. The fourth-order valence-corrected chi connectivity index (χ4v) is 4.05. The number of hydrogen-bond donors (Lipinski definition) is 1. The molecule has 0 spiro atoms. The summed E-state index contributed by atoms with van der Waals surface area (Å²) in [6.07, 6.45) is 0. The van der Waals surface area contributed by atoms with Crippen LogP contribution in [-0.2, 0) is 14.8 Å². The number of carbonyl (C=O) groups excluding carboxylic acids is 1. The number of rotatable bonds is 5. The second kappa shape index (κ2) is 6.37. The van der Waals surface area contributed by atoms with Gasteiger partial charge in [-0.2, -0.15) is 0 Å². The molecule has 1 N–H and O–H groups in total. The molecule has 0 radical (unpaired) electrons. The molecule has 0 aliphatic heterocycles. The van der Waals surface area contributed by atoms with E-state index in [2.05, 4.69) is 9.46 Å². The van der Waals surface area contributed by atoms with E-state index in [4.69, 9.17) is 4.74 Å². The van der Waals surface area contributed by atoms with Crippen molar-refractivity contribution >= 4 is 32.3 Å². The van der Waals surface area contributed by atoms with Crippen LogP contribution in [0.4, 0.5) is 5.00 Å². The van der Waals surface area contributed by atoms with Crippen molar-refractivity contribution in [2.24, 2.45) is 0 Å². The van der Waals surface area contributed by atoms with Gasteiger partial charge in [0.15, 0.2) is 0 Å². The van der Waals surface area contributed by atoms with Gasteiger partial charge in [0, 0.05) is 0 Å². The lowest BCUT2D eigenvalue weighted by molar-refractivity contribution is 0.0605. The Labute approximate surface area is 132 Å². The van der Waals surface area contributed by atoms with Gasteiger partial charge < -0.3 is 9.47 Å². The molecule has 1 aromatic heterocycles. The van der Waals surface area contributed by atoms with E-state index in [9.17, 15) is 13.2 Å². The Morgan fingerprint density at radius 1 is 1.18 bits per heavy atom. The highest BCUT2D eigenvalue weighted by atomic mass is 32.2. The molecule has 2 rings (SSSR count). The number of aryl methyl sites for hydroxylation is 1. The summed E-state index contributed by atoms with van der Waals surface area (Å²) in [5, 5.41) is 0.355. The molecule has 22 heavy (non-hydrogen) atoms. The van der Waals surface area contributed by atoms with Crippen LogP contribution in [0.15, 0.2) is 35.2 Å². The molecule has 0 fully saturated rings. The monoisotopic (exact) mass is 341 g/mol. The van der Waals surface area contributed by atoms with Gasteiger partial charge in [0.25, 0.3) is 10.0 Å². The molecule has 0 amide bonds. The average Bonchev–Trinajstić information content (AvgIpc) is 2.86. The summed E-state index contributed by atoms with van der Waals surface area (Å²) >= 11 is 1.03. The van der Waals surface area contributed by atoms with Gasteiger partial charge in [0.05, 0.1) is 19.1 Å². The van der Waals surface area contributed by atoms with Crippen molar-refractivity contribution < 1.29 is 22.7 Å². The van der Waals surface area contributed by atoms with Crippen molar-refractivity contribution in [2.75, 3.05) is 18.9 Å². The van der Waals surface area contributed by atoms with E-state index in [1.165, 1.54) is 26.4 Å². The fraction of sp³-hybridized carbons (Fsp3) is 0.214. The van der Waals surface area contributed by atoms with Crippen LogP contribution in [-0.4, -0.2) is 28.6 Å². The Hall–Kier alpha value is -2.06. The molecule has 118 valence electrons. The van der Waals surface area contributed by atoms with Gasteiger partial charge in [-0.25, -0.2) is 13.2 Å². The fourth-order valence-electron chi connectivity index (χ4n) is 1.77. The zero-order valence-corrected chi connectivity index (χ0v) is 13.9. The van der Waals surface area contributed by atoms with Gasteiger partial charge in [0.2, 0.25) is 0 Å². The molecule has 6 nitrogen and oxygen atoms in total. The standard InChI is InChI=1S/C14H15NO5S2/c1-9-8-12(21-13(9)14(16)20-3)15-22(17,18)11-6-4-10(19-2)5-7-11/h4-8,15H,1-3H3. The number of thiophene rings is 1. The van der Waals surface area contributed by atoms with E-state index in [1.54, 1.807) is 25.1 Å². The number of benzene rings is 1. The van der Waals surface area contributed by atoms with Crippen LogP contribution in [0.5, 0.6) is 5.75 Å². The summed E-state index contributed by atoms with van der Waals surface area (Å²) in [5.41, 5.74) is 0.657. The molecular formula is C14H15NO5S2. The number of sulfonamides is 1. The molecule has 0 aliphatic carbocycles. The van der Waals surface area contributed by atoms with Gasteiger partial charge in [-0.15, -0.1) is 11.3 Å². The largest absolute Gasteiger partial charge is 0.497 e. The highest BCUT2D eigenvalue weighted by molar-refractivity contribution is 7.93. The number of methoxy groups -OCH3 is 2. The first-order valence-corrected chi connectivity index (χ1v) is 8.53. The van der Waals surface area contributed by atoms with Crippen molar-refractivity contribution in [2.45, 2.75) is 11.8 Å². The van der Waals surface area contributed by atoms with Gasteiger partial charge >= 0.3 is 5.97 Å². The number of hydrogen-bond acceptors (Lipinski definition) is 6. The molecule has 8 heteroatoms. The number of anilines is 1. The van der Waals surface area contributed by atoms with E-state index in [0.717, 1.165) is 11.3 Å². The van der Waals surface area contributed by atoms with Crippen LogP contribution in [0.25, 0.3) is 0 Å². The highest BCUT2D eigenvalue weighted by Gasteiger charge is 2.19. The van der Waals surface area contributed by atoms with E-state index < -0.39 is 16.0 Å². The van der Waals surface area contributed by atoms with Crippen LogP contribution < -0.4 is 9.46 Å². The zero-order chi connectivity index (χ0) is 16.3. The lowest BCUT2D eigenvalue weighted by atomic mass is 10.3. The maximum atomic E-state index is 12.3. The Balaban J connectivity index is 2.26. The first-order valence-electron chi connectivity index (χ1n) is 6.23. The first-order chi connectivity index (χ1) is 10.4. The number of esters is 1. The van der Waals surface area contributed by atoms with Gasteiger partial charge in [-0.1, -0.05) is 0 Å². The lowest BCUT2D eigenvalue weighted by Gasteiger charge is -2.06. The molecule has 0 bridgehead atoms. The summed E-state index contributed by atoms with van der Waals surface area (Å²) < 4.78 is 36.7. The number of carbonyl (C=O) groups is 1. The SMILES string of the molecule is COC(=O)c1sc(NS(=O)(=O)c2ccc(OC)cc2)cc1C. The summed E-state index contributed by atoms with van der Waals surface area (Å²) in [4.78, 5) is 12.0. The van der Waals surface area contributed by atoms with Crippen molar-refractivity contribution in [3.63, 3.8) is 0 Å². The van der Waals surface area contributed by atoms with Crippen LogP contribution >= 0.6 is 11.3 Å². The second-order valence-corrected chi connectivity index (χ2v) is 7.13. The maximum Gasteiger partial charge on any atom is 0.348 e. The molecular weight excluding hydrogens is 326 g/mol. The molecule has 0 saturated carbocycles. The third kappa shape index (κ3) is 3.40. The molecule has 0 atom stereocenters. The molecule has 0 saturated heterocycles. The summed E-state index contributed by atoms with van der Waals surface area (Å²) in [6, 6.07) is 7.62. The van der Waals surface area contributed by atoms with Crippen LogP contribution in [0.2, 0.25) is 0 Å². The van der Waals surface area contributed by atoms with E-state index in [0.29, 0.717) is 21.2 Å². The van der Waals surface area contributed by atoms with Crippen LogP contribution in [0.3, 0.4) is 0 Å². The number of nitrogens with one attached hydrogen (secondary N) is 1. The summed E-state index contributed by atoms with van der Waals surface area (Å²) in [6.45, 7) is 1.72. The minimum absolute atomic E-state index is 0.110. The Morgan fingerprint density at radius 2 is 1.82 bits per heavy atom. The van der Waals surface area contributed by atoms with Crippen molar-refractivity contribution in [1.82, 2.24) is 0 Å². The Kier molecular flexibility index (Phi) is 4.72. The van der Waals surface area contributed by atoms with Gasteiger partial charge in [0.1, 0.15) is 15.6 Å². The van der Waals surface area contributed by atoms with Crippen molar-refractivity contribution in [1.29, 1.82) is 0 Å². The quantitative estimate of drug-likeness (QED) is 0.846. The molecule has 2 aromatic rings. The normalized spacial score (nSPS) is 11.0. The predicted octanol–water partition coefficient (Wildman–Crippen LogP) is 2.65. The molecule has 1 heterocycles. The van der Waals surface area contributed by atoms with E-state index >= 15 is 0 Å². The van der Waals surface area contributed by atoms with Crippen LogP contribution in [0.1, 0.15) is 15.2 Å². The minimum Gasteiger partial charge on any atom is -0.497 e.